The Morgan fingerprint density at radius 2 is 1.76 bits per heavy atom. The van der Waals surface area contributed by atoms with Crippen LogP contribution in [0.5, 0.6) is 5.75 Å². The first-order chi connectivity index (χ1) is 16.4. The lowest BCUT2D eigenvalue weighted by atomic mass is 9.84. The average Bonchev–Trinajstić information content (AvgIpc) is 3.21. The molecule has 180 valence electrons. The Hall–Kier alpha value is -3.12. The first-order valence-electron chi connectivity index (χ1n) is 12.1. The molecule has 6 heteroatoms. The van der Waals surface area contributed by atoms with Gasteiger partial charge in [-0.1, -0.05) is 42.5 Å². The summed E-state index contributed by atoms with van der Waals surface area (Å²) in [6.07, 6.45) is 3.02. The molecule has 2 heterocycles. The van der Waals surface area contributed by atoms with E-state index in [0.717, 1.165) is 50.3 Å². The molecule has 4 rings (SSSR count). The number of carbonyl (C=O) groups excluding carboxylic acids is 1. The normalized spacial score (nSPS) is 15.8. The molecular weight excluding hydrogens is 424 g/mol. The summed E-state index contributed by atoms with van der Waals surface area (Å²) >= 11 is 0. The van der Waals surface area contributed by atoms with Crippen molar-refractivity contribution in [3.8, 4) is 5.75 Å². The summed E-state index contributed by atoms with van der Waals surface area (Å²) in [5, 5.41) is 4.39. The maximum absolute atomic E-state index is 13.5. The van der Waals surface area contributed by atoms with E-state index in [0.29, 0.717) is 11.6 Å². The number of nitrogens with zero attached hydrogens (tertiary/aromatic N) is 4. The van der Waals surface area contributed by atoms with Crippen LogP contribution in [0.1, 0.15) is 40.2 Å². The lowest BCUT2D eigenvalue weighted by Crippen LogP contribution is -2.47. The predicted molar refractivity (Wildman–Crippen MR) is 135 cm³/mol. The number of hydrogen-bond acceptors (Lipinski definition) is 4. The first kappa shape index (κ1) is 24.0. The minimum absolute atomic E-state index is 0.0460. The fourth-order valence-electron chi connectivity index (χ4n) is 5.10. The SMILES string of the molecule is COc1ccc(CN2CCC(C(Cc3ccccc3)N(C)C(=O)c3cc(C)nn3C)CC2)cc1. The van der Waals surface area contributed by atoms with Crippen molar-refractivity contribution in [2.24, 2.45) is 13.0 Å². The van der Waals surface area contributed by atoms with Crippen molar-refractivity contribution in [2.75, 3.05) is 27.2 Å². The Bertz CT molecular complexity index is 1070. The molecular formula is C28H36N4O2. The zero-order valence-corrected chi connectivity index (χ0v) is 20.8. The highest BCUT2D eigenvalue weighted by molar-refractivity contribution is 5.92. The Morgan fingerprint density at radius 3 is 2.35 bits per heavy atom. The van der Waals surface area contributed by atoms with Crippen molar-refractivity contribution in [3.63, 3.8) is 0 Å². The molecule has 1 atom stereocenters. The number of methoxy groups -OCH3 is 1. The minimum Gasteiger partial charge on any atom is -0.497 e. The van der Waals surface area contributed by atoms with Crippen molar-refractivity contribution >= 4 is 5.91 Å². The maximum Gasteiger partial charge on any atom is 0.272 e. The summed E-state index contributed by atoms with van der Waals surface area (Å²) in [5.74, 6) is 1.39. The third kappa shape index (κ3) is 5.68. The highest BCUT2D eigenvalue weighted by Crippen LogP contribution is 2.28. The average molecular weight is 461 g/mol. The fourth-order valence-corrected chi connectivity index (χ4v) is 5.10. The molecule has 0 spiro atoms. The van der Waals surface area contributed by atoms with E-state index in [1.165, 1.54) is 11.1 Å². The van der Waals surface area contributed by atoms with E-state index in [4.69, 9.17) is 4.74 Å². The van der Waals surface area contributed by atoms with Crippen molar-refractivity contribution in [1.29, 1.82) is 0 Å². The molecule has 1 aromatic heterocycles. The third-order valence-corrected chi connectivity index (χ3v) is 7.07. The number of ether oxygens (including phenoxy) is 1. The Morgan fingerprint density at radius 1 is 1.09 bits per heavy atom. The second kappa shape index (κ2) is 10.9. The van der Waals surface area contributed by atoms with Crippen LogP contribution in [0.25, 0.3) is 0 Å². The molecule has 6 nitrogen and oxygen atoms in total. The van der Waals surface area contributed by atoms with Crippen LogP contribution >= 0.6 is 0 Å². The number of piperidine rings is 1. The van der Waals surface area contributed by atoms with Gasteiger partial charge >= 0.3 is 0 Å². The van der Waals surface area contributed by atoms with Gasteiger partial charge in [-0.15, -0.1) is 0 Å². The van der Waals surface area contributed by atoms with Crippen LogP contribution in [0.4, 0.5) is 0 Å². The number of carbonyl (C=O) groups is 1. The van der Waals surface area contributed by atoms with Crippen LogP contribution in [0.15, 0.2) is 60.7 Å². The molecule has 0 aliphatic carbocycles. The Labute approximate surface area is 203 Å². The van der Waals surface area contributed by atoms with Crippen LogP contribution in [0.3, 0.4) is 0 Å². The summed E-state index contributed by atoms with van der Waals surface area (Å²) in [6.45, 7) is 4.95. The number of likely N-dealkylation sites (N-methyl/N-ethyl adjacent to an activating group) is 1. The standard InChI is InChI=1S/C28H36N4O2/c1-21-18-27(31(3)29-21)28(33)30(2)26(19-22-8-6-5-7-9-22)24-14-16-32(17-15-24)20-23-10-12-25(34-4)13-11-23/h5-13,18,24,26H,14-17,19-20H2,1-4H3. The zero-order chi connectivity index (χ0) is 24.1. The molecule has 0 bridgehead atoms. The molecule has 0 radical (unpaired) electrons. The quantitative estimate of drug-likeness (QED) is 0.502. The molecule has 1 unspecified atom stereocenters. The molecule has 1 aliphatic heterocycles. The van der Waals surface area contributed by atoms with Gasteiger partial charge in [0.2, 0.25) is 0 Å². The maximum atomic E-state index is 13.5. The van der Waals surface area contributed by atoms with Crippen molar-refractivity contribution < 1.29 is 9.53 Å². The molecule has 1 saturated heterocycles. The van der Waals surface area contributed by atoms with Crippen molar-refractivity contribution in [3.05, 3.63) is 83.2 Å². The van der Waals surface area contributed by atoms with Gasteiger partial charge in [0.25, 0.3) is 5.91 Å². The number of aromatic nitrogens is 2. The van der Waals surface area contributed by atoms with Gasteiger partial charge in [-0.2, -0.15) is 5.10 Å². The Kier molecular flexibility index (Phi) is 7.68. The van der Waals surface area contributed by atoms with Crippen LogP contribution < -0.4 is 4.74 Å². The third-order valence-electron chi connectivity index (χ3n) is 7.07. The lowest BCUT2D eigenvalue weighted by Gasteiger charge is -2.40. The van der Waals surface area contributed by atoms with E-state index in [-0.39, 0.29) is 11.9 Å². The number of likely N-dealkylation sites (tertiary alicyclic amines) is 1. The minimum atomic E-state index is 0.0460. The van der Waals surface area contributed by atoms with Gasteiger partial charge in [0.15, 0.2) is 0 Å². The highest BCUT2D eigenvalue weighted by Gasteiger charge is 2.32. The number of hydrogen-bond donors (Lipinski definition) is 0. The predicted octanol–water partition coefficient (Wildman–Crippen LogP) is 4.33. The van der Waals surface area contributed by atoms with Gasteiger partial charge in [0.05, 0.1) is 12.8 Å². The van der Waals surface area contributed by atoms with E-state index in [1.54, 1.807) is 11.8 Å². The molecule has 1 amide bonds. The van der Waals surface area contributed by atoms with E-state index < -0.39 is 0 Å². The Balaban J connectivity index is 1.45. The van der Waals surface area contributed by atoms with E-state index >= 15 is 0 Å². The number of rotatable bonds is 8. The number of amides is 1. The second-order valence-corrected chi connectivity index (χ2v) is 9.43. The van der Waals surface area contributed by atoms with E-state index in [9.17, 15) is 4.79 Å². The zero-order valence-electron chi connectivity index (χ0n) is 20.8. The molecule has 3 aromatic rings. The first-order valence-corrected chi connectivity index (χ1v) is 12.1. The van der Waals surface area contributed by atoms with Crippen LogP contribution in [0, 0.1) is 12.8 Å². The van der Waals surface area contributed by atoms with Crippen LogP contribution in [-0.2, 0) is 20.0 Å². The molecule has 1 fully saturated rings. The van der Waals surface area contributed by atoms with Gasteiger partial charge in [-0.3, -0.25) is 14.4 Å². The topological polar surface area (TPSA) is 50.6 Å². The monoisotopic (exact) mass is 460 g/mol. The van der Waals surface area contributed by atoms with E-state index in [2.05, 4.69) is 46.4 Å². The summed E-state index contributed by atoms with van der Waals surface area (Å²) in [4.78, 5) is 17.9. The van der Waals surface area contributed by atoms with Crippen molar-refractivity contribution in [2.45, 2.75) is 38.8 Å². The summed E-state index contributed by atoms with van der Waals surface area (Å²) < 4.78 is 6.98. The van der Waals surface area contributed by atoms with Crippen LogP contribution in [-0.4, -0.2) is 58.8 Å². The second-order valence-electron chi connectivity index (χ2n) is 9.43. The van der Waals surface area contributed by atoms with Gasteiger partial charge in [0.1, 0.15) is 11.4 Å². The summed E-state index contributed by atoms with van der Waals surface area (Å²) in [5.41, 5.74) is 4.09. The van der Waals surface area contributed by atoms with Crippen molar-refractivity contribution in [1.82, 2.24) is 19.6 Å². The van der Waals surface area contributed by atoms with Crippen LogP contribution in [0.2, 0.25) is 0 Å². The largest absolute Gasteiger partial charge is 0.497 e. The molecule has 0 saturated carbocycles. The summed E-state index contributed by atoms with van der Waals surface area (Å²) in [6, 6.07) is 20.9. The van der Waals surface area contributed by atoms with Gasteiger partial charge in [-0.25, -0.2) is 0 Å². The highest BCUT2D eigenvalue weighted by atomic mass is 16.5. The van der Waals surface area contributed by atoms with Gasteiger partial charge < -0.3 is 9.64 Å². The molecule has 1 aliphatic rings. The molecule has 2 aromatic carbocycles. The number of benzene rings is 2. The van der Waals surface area contributed by atoms with Gasteiger partial charge in [0, 0.05) is 26.7 Å². The fraction of sp³-hybridized carbons (Fsp3) is 0.429. The smallest absolute Gasteiger partial charge is 0.272 e. The summed E-state index contributed by atoms with van der Waals surface area (Å²) in [7, 11) is 5.50. The number of aryl methyl sites for hydroxylation is 2. The lowest BCUT2D eigenvalue weighted by molar-refractivity contribution is 0.0575. The molecule has 0 N–H and O–H groups in total. The molecule has 34 heavy (non-hydrogen) atoms. The van der Waals surface area contributed by atoms with E-state index in [1.807, 2.05) is 50.2 Å². The van der Waals surface area contributed by atoms with Gasteiger partial charge in [-0.05, 0) is 74.5 Å².